The number of benzene rings is 16. The van der Waals surface area contributed by atoms with Crippen LogP contribution in [0, 0.1) is 0 Å². The van der Waals surface area contributed by atoms with Crippen LogP contribution in [0.3, 0.4) is 0 Å². The lowest BCUT2D eigenvalue weighted by molar-refractivity contribution is 0.590. The normalized spacial score (nSPS) is 13.5. The number of para-hydroxylation sites is 6. The van der Waals surface area contributed by atoms with Crippen molar-refractivity contribution in [3.63, 3.8) is 0 Å². The first-order chi connectivity index (χ1) is 55.6. The minimum atomic E-state index is -0.524. The van der Waals surface area contributed by atoms with Crippen LogP contribution in [-0.2, 0) is 5.41 Å². The first kappa shape index (κ1) is 54.3. The molecule has 0 saturated carbocycles. The number of aromatic nitrogens is 2. The zero-order chi connectivity index (χ0) is 77.5. The molecule has 0 amide bonds. The SMILES string of the molecule is [2H]c1c([2H])c([2H])c2c(c1[2H])c1c([2H])c([2H])c([2H])c([2H])c1n2-c1cc2c3c(c1)N(c1c(-c4ccccc4)cccc1-c1ccccc1)c1cc(N(c4ccccc4)c4ccc(-n5c6ccccc6c6ccccc65)cc4)ccc1B3c1ccc(-c3cccc(C(C)(C)C)c3)cc1N2c1cc(-c2ccccc2)cc(-c2ccccc2)c1. The van der Waals surface area contributed by atoms with E-state index in [9.17, 15) is 11.0 Å². The minimum Gasteiger partial charge on any atom is -0.311 e. The van der Waals surface area contributed by atoms with Crippen LogP contribution in [0.4, 0.5) is 51.2 Å². The molecule has 106 heavy (non-hydrogen) atoms. The van der Waals surface area contributed by atoms with Gasteiger partial charge < -0.3 is 23.8 Å². The van der Waals surface area contributed by atoms with Crippen molar-refractivity contribution in [2.75, 3.05) is 14.7 Å². The minimum absolute atomic E-state index is 0.00953. The molecule has 18 aromatic rings. The molecule has 2 aromatic heterocycles. The fourth-order valence-electron chi connectivity index (χ4n) is 16.6. The van der Waals surface area contributed by atoms with Crippen LogP contribution >= 0.6 is 0 Å². The Labute approximate surface area is 630 Å². The number of rotatable bonds is 12. The Morgan fingerprint density at radius 2 is 0.745 bits per heavy atom. The summed E-state index contributed by atoms with van der Waals surface area (Å²) in [7, 11) is 0. The van der Waals surface area contributed by atoms with E-state index >= 15 is 0 Å². The fraction of sp³-hybridized carbons (Fsp3) is 0.0400. The fourth-order valence-corrected chi connectivity index (χ4v) is 16.6. The van der Waals surface area contributed by atoms with Gasteiger partial charge in [0, 0.05) is 83.9 Å². The summed E-state index contributed by atoms with van der Waals surface area (Å²) in [6, 6.07) is 115. The second kappa shape index (κ2) is 25.2. The van der Waals surface area contributed by atoms with E-state index in [0.717, 1.165) is 140 Å². The molecule has 0 N–H and O–H groups in total. The molecular weight excluding hydrogens is 1280 g/mol. The van der Waals surface area contributed by atoms with E-state index in [-0.39, 0.29) is 27.2 Å². The molecule has 0 aliphatic carbocycles. The van der Waals surface area contributed by atoms with Gasteiger partial charge >= 0.3 is 0 Å². The summed E-state index contributed by atoms with van der Waals surface area (Å²) in [5.74, 6) is 0. The van der Waals surface area contributed by atoms with Gasteiger partial charge in [-0.2, -0.15) is 0 Å². The molecule has 0 bridgehead atoms. The third-order valence-electron chi connectivity index (χ3n) is 21.4. The maximum Gasteiger partial charge on any atom is 0.252 e. The highest BCUT2D eigenvalue weighted by Crippen LogP contribution is 2.53. The van der Waals surface area contributed by atoms with Gasteiger partial charge in [0.2, 0.25) is 0 Å². The van der Waals surface area contributed by atoms with E-state index in [1.807, 2.05) is 30.3 Å². The van der Waals surface area contributed by atoms with Crippen LogP contribution in [0.1, 0.15) is 37.3 Å². The lowest BCUT2D eigenvalue weighted by Crippen LogP contribution is -2.61. The van der Waals surface area contributed by atoms with Gasteiger partial charge in [-0.05, 0) is 181 Å². The topological polar surface area (TPSA) is 19.6 Å². The van der Waals surface area contributed by atoms with E-state index in [0.29, 0.717) is 5.69 Å². The largest absolute Gasteiger partial charge is 0.311 e. The zero-order valence-electron chi connectivity index (χ0n) is 66.6. The molecule has 0 spiro atoms. The Bertz CT molecular complexity index is 6700. The Hall–Kier alpha value is -13.4. The summed E-state index contributed by atoms with van der Waals surface area (Å²) in [6.07, 6.45) is 0. The molecule has 0 radical (unpaired) electrons. The van der Waals surface area contributed by atoms with Crippen LogP contribution in [0.2, 0.25) is 0 Å². The lowest BCUT2D eigenvalue weighted by atomic mass is 9.33. The summed E-state index contributed by atoms with van der Waals surface area (Å²) in [6.45, 7) is 6.19. The molecule has 0 saturated heterocycles. The van der Waals surface area contributed by atoms with E-state index in [4.69, 9.17) is 0 Å². The highest BCUT2D eigenvalue weighted by Gasteiger charge is 2.45. The predicted octanol–water partition coefficient (Wildman–Crippen LogP) is 25.1. The van der Waals surface area contributed by atoms with Crippen molar-refractivity contribution in [1.29, 1.82) is 0 Å². The maximum atomic E-state index is 10.1. The van der Waals surface area contributed by atoms with Crippen molar-refractivity contribution in [3.05, 3.63) is 388 Å². The number of hydrogen-bond acceptors (Lipinski definition) is 3. The Kier molecular flexibility index (Phi) is 12.9. The molecule has 2 aliphatic heterocycles. The molecule has 2 aliphatic rings. The average molecular weight is 1360 g/mol. The Morgan fingerprint density at radius 1 is 0.292 bits per heavy atom. The maximum absolute atomic E-state index is 10.1. The van der Waals surface area contributed by atoms with Gasteiger partial charge in [-0.25, -0.2) is 0 Å². The van der Waals surface area contributed by atoms with Gasteiger partial charge in [0.25, 0.3) is 6.71 Å². The van der Waals surface area contributed by atoms with Crippen LogP contribution < -0.4 is 31.1 Å². The number of hydrogen-bond donors (Lipinski definition) is 0. The molecule has 0 unspecified atom stereocenters. The van der Waals surface area contributed by atoms with E-state index in [1.165, 1.54) is 16.3 Å². The van der Waals surface area contributed by atoms with Crippen molar-refractivity contribution in [2.24, 2.45) is 0 Å². The smallest absolute Gasteiger partial charge is 0.252 e. The highest BCUT2D eigenvalue weighted by molar-refractivity contribution is 7.00. The summed E-state index contributed by atoms with van der Waals surface area (Å²) in [5, 5.41) is 2.32. The quantitative estimate of drug-likeness (QED) is 0.114. The van der Waals surface area contributed by atoms with Gasteiger partial charge in [0.1, 0.15) is 0 Å². The highest BCUT2D eigenvalue weighted by atomic mass is 15.2. The standard InChI is InChI=1S/C100H72BN5/c1-100(2,3)75-38-27-37-71(60-75)72-51-57-88-94(63-72)105(80-61-73(67-29-9-4-10-30-67)59-74(62-80)68-31-11-5-12-32-68)96-65-81(104-92-49-25-21-43-86(92)87-44-22-26-50-93(87)104)66-97-98(96)101(88)89-58-56-79(64-95(89)106(97)99-82(69-33-13-6-14-34-69)45-28-46-83(99)70-35-15-7-16-36-70)102(76-39-17-8-18-40-76)77-52-54-78(55-53-77)103-90-47-23-19-41-84(90)85-42-20-24-48-91(85)103/h4-66H,1-3H3/i21D,22D,25D,26D,43D,44D,49D,50D. The third kappa shape index (κ3) is 10.4. The van der Waals surface area contributed by atoms with Gasteiger partial charge in [0.15, 0.2) is 0 Å². The summed E-state index contributed by atoms with van der Waals surface area (Å²) >= 11 is 0. The van der Waals surface area contributed by atoms with E-state index in [1.54, 1.807) is 4.57 Å². The summed E-state index contributed by atoms with van der Waals surface area (Å²) < 4.78 is 81.6. The molecule has 5 nitrogen and oxygen atoms in total. The first-order valence-electron chi connectivity index (χ1n) is 40.2. The van der Waals surface area contributed by atoms with Crippen molar-refractivity contribution < 1.29 is 11.0 Å². The van der Waals surface area contributed by atoms with Gasteiger partial charge in [0.05, 0.1) is 44.4 Å². The first-order valence-corrected chi connectivity index (χ1v) is 36.2. The molecule has 6 heteroatoms. The third-order valence-corrected chi connectivity index (χ3v) is 21.4. The summed E-state index contributed by atoms with van der Waals surface area (Å²) in [4.78, 5) is 7.12. The van der Waals surface area contributed by atoms with E-state index < -0.39 is 55.1 Å². The summed E-state index contributed by atoms with van der Waals surface area (Å²) in [5.41, 5.74) is 24.9. The molecule has 4 heterocycles. The predicted molar refractivity (Wildman–Crippen MR) is 450 cm³/mol. The number of fused-ring (bicyclic) bond motifs is 10. The van der Waals surface area contributed by atoms with Gasteiger partial charge in [-0.15, -0.1) is 0 Å². The van der Waals surface area contributed by atoms with E-state index in [2.05, 4.69) is 343 Å². The second-order valence-electron chi connectivity index (χ2n) is 28.6. The van der Waals surface area contributed by atoms with Crippen molar-refractivity contribution >= 4 is 118 Å². The second-order valence-corrected chi connectivity index (χ2v) is 28.6. The van der Waals surface area contributed by atoms with Crippen LogP contribution in [0.25, 0.3) is 111 Å². The van der Waals surface area contributed by atoms with Crippen LogP contribution in [0.15, 0.2) is 382 Å². The van der Waals surface area contributed by atoms with Gasteiger partial charge in [-0.3, -0.25) is 0 Å². The van der Waals surface area contributed by atoms with Crippen molar-refractivity contribution in [2.45, 2.75) is 26.2 Å². The lowest BCUT2D eigenvalue weighted by Gasteiger charge is -2.45. The van der Waals surface area contributed by atoms with Crippen LogP contribution in [0.5, 0.6) is 0 Å². The van der Waals surface area contributed by atoms with Crippen LogP contribution in [-0.4, -0.2) is 15.8 Å². The molecule has 0 fully saturated rings. The molecular formula is C100H72BN5. The molecule has 0 atom stereocenters. The monoisotopic (exact) mass is 1360 g/mol. The van der Waals surface area contributed by atoms with Gasteiger partial charge in [-0.1, -0.05) is 294 Å². The van der Waals surface area contributed by atoms with Crippen molar-refractivity contribution in [1.82, 2.24) is 9.13 Å². The molecule has 16 aromatic carbocycles. The molecule has 20 rings (SSSR count). The zero-order valence-corrected chi connectivity index (χ0v) is 58.6. The Balaban J connectivity index is 0.951. The van der Waals surface area contributed by atoms with Crippen molar-refractivity contribution in [3.8, 4) is 67.0 Å². The number of anilines is 9. The molecule has 500 valence electrons. The average Bonchev–Trinajstić information content (AvgIpc) is 1.13. The number of nitrogens with zero attached hydrogens (tertiary/aromatic N) is 5. The Morgan fingerprint density at radius 3 is 1.32 bits per heavy atom.